The normalized spacial score (nSPS) is 26.5. The summed E-state index contributed by atoms with van der Waals surface area (Å²) in [7, 11) is 0. The van der Waals surface area contributed by atoms with Crippen molar-refractivity contribution in [2.45, 2.75) is 83.5 Å². The fourth-order valence-corrected chi connectivity index (χ4v) is 4.95. The number of fused-ring (bicyclic) bond motifs is 1. The molecule has 4 atom stereocenters. The summed E-state index contributed by atoms with van der Waals surface area (Å²) in [5.41, 5.74) is 0.314. The topological polar surface area (TPSA) is 89.8 Å². The Labute approximate surface area is 217 Å². The lowest BCUT2D eigenvalue weighted by molar-refractivity contribution is -0.183. The number of hydrogen-bond acceptors (Lipinski definition) is 6. The summed E-state index contributed by atoms with van der Waals surface area (Å²) in [6.45, 7) is 8.24. The van der Waals surface area contributed by atoms with Crippen LogP contribution in [-0.4, -0.2) is 42.2 Å². The van der Waals surface area contributed by atoms with Crippen LogP contribution in [0, 0.1) is 23.1 Å². The first-order valence-corrected chi connectivity index (χ1v) is 12.7. The zero-order chi connectivity index (χ0) is 26.6. The zero-order valence-corrected chi connectivity index (χ0v) is 21.8. The number of rotatable bonds is 9. The van der Waals surface area contributed by atoms with E-state index in [0.29, 0.717) is 17.7 Å². The summed E-state index contributed by atoms with van der Waals surface area (Å²) >= 11 is 0. The summed E-state index contributed by atoms with van der Waals surface area (Å²) in [6.07, 6.45) is -1.01. The lowest BCUT2D eigenvalue weighted by atomic mass is 9.78. The summed E-state index contributed by atoms with van der Waals surface area (Å²) in [5.74, 6) is -1.30. The molecule has 1 saturated heterocycles. The van der Waals surface area contributed by atoms with E-state index < -0.39 is 35.5 Å². The molecular weight excluding hydrogens is 475 g/mol. The molecule has 2 aromatic carbocycles. The van der Waals surface area contributed by atoms with Crippen molar-refractivity contribution in [3.63, 3.8) is 0 Å². The van der Waals surface area contributed by atoms with Gasteiger partial charge in [-0.1, -0.05) is 50.2 Å². The fourth-order valence-electron chi connectivity index (χ4n) is 4.95. The number of amides is 1. The van der Waals surface area contributed by atoms with Crippen molar-refractivity contribution in [1.29, 1.82) is 5.26 Å². The Hall–Kier alpha value is -2.83. The Morgan fingerprint density at radius 3 is 2.51 bits per heavy atom. The van der Waals surface area contributed by atoms with Gasteiger partial charge in [0.05, 0.1) is 37.1 Å². The van der Waals surface area contributed by atoms with Crippen LogP contribution in [0.1, 0.15) is 57.2 Å². The van der Waals surface area contributed by atoms with Crippen LogP contribution in [0.3, 0.4) is 0 Å². The summed E-state index contributed by atoms with van der Waals surface area (Å²) in [6, 6.07) is 15.8. The molecule has 198 valence electrons. The number of nitriles is 1. The molecule has 2 fully saturated rings. The van der Waals surface area contributed by atoms with Gasteiger partial charge < -0.3 is 24.3 Å². The van der Waals surface area contributed by atoms with Crippen molar-refractivity contribution in [2.75, 3.05) is 6.54 Å². The average molecular weight is 511 g/mol. The molecule has 7 nitrogen and oxygen atoms in total. The van der Waals surface area contributed by atoms with Crippen molar-refractivity contribution < 1.29 is 28.1 Å². The second-order valence-electron chi connectivity index (χ2n) is 10.6. The van der Waals surface area contributed by atoms with Gasteiger partial charge >= 0.3 is 0 Å². The van der Waals surface area contributed by atoms with Crippen molar-refractivity contribution in [1.82, 2.24) is 5.32 Å². The number of hydrogen-bond donors (Lipinski definition) is 1. The molecule has 1 saturated carbocycles. The molecule has 1 amide bonds. The average Bonchev–Trinajstić information content (AvgIpc) is 3.19. The molecule has 0 spiro atoms. The lowest BCUT2D eigenvalue weighted by Gasteiger charge is -2.43. The molecule has 4 rings (SSSR count). The number of benzene rings is 2. The van der Waals surface area contributed by atoms with Crippen LogP contribution >= 0.6 is 0 Å². The molecule has 1 N–H and O–H groups in total. The van der Waals surface area contributed by atoms with E-state index in [-0.39, 0.29) is 37.9 Å². The van der Waals surface area contributed by atoms with Gasteiger partial charge in [0, 0.05) is 24.9 Å². The number of nitrogens with zero attached hydrogens (tertiary/aromatic N) is 1. The maximum atomic E-state index is 14.4. The first-order chi connectivity index (χ1) is 17.6. The monoisotopic (exact) mass is 510 g/mol. The van der Waals surface area contributed by atoms with Crippen molar-refractivity contribution in [2.24, 2.45) is 5.92 Å². The summed E-state index contributed by atoms with van der Waals surface area (Å²) in [5, 5.41) is 12.5. The number of nitrogens with one attached hydrogen (secondary N) is 1. The molecule has 37 heavy (non-hydrogen) atoms. The van der Waals surface area contributed by atoms with Gasteiger partial charge in [-0.05, 0) is 37.5 Å². The quantitative estimate of drug-likeness (QED) is 0.529. The highest BCUT2D eigenvalue weighted by Crippen LogP contribution is 2.44. The number of halogens is 1. The molecule has 1 aliphatic heterocycles. The van der Waals surface area contributed by atoms with E-state index in [9.17, 15) is 14.4 Å². The lowest BCUT2D eigenvalue weighted by Crippen LogP contribution is -2.60. The molecule has 1 unspecified atom stereocenters. The Kier molecular flexibility index (Phi) is 8.29. The predicted octanol–water partition coefficient (Wildman–Crippen LogP) is 4.62. The maximum Gasteiger partial charge on any atom is 0.252 e. The second kappa shape index (κ2) is 11.3. The van der Waals surface area contributed by atoms with Crippen LogP contribution in [-0.2, 0) is 37.0 Å². The molecule has 2 aromatic rings. The molecule has 1 aliphatic carbocycles. The maximum absolute atomic E-state index is 14.4. The largest absolute Gasteiger partial charge is 0.371 e. The molecular formula is C29H35FN2O5. The van der Waals surface area contributed by atoms with Crippen molar-refractivity contribution in [3.8, 4) is 6.07 Å². The van der Waals surface area contributed by atoms with Crippen LogP contribution < -0.4 is 5.32 Å². The van der Waals surface area contributed by atoms with Gasteiger partial charge in [-0.25, -0.2) is 4.39 Å². The smallest absolute Gasteiger partial charge is 0.252 e. The van der Waals surface area contributed by atoms with Crippen LogP contribution in [0.25, 0.3) is 0 Å². The van der Waals surface area contributed by atoms with Gasteiger partial charge in [-0.2, -0.15) is 5.26 Å². The van der Waals surface area contributed by atoms with Crippen LogP contribution in [0.4, 0.5) is 4.39 Å². The fraction of sp³-hybridized carbons (Fsp3) is 0.517. The minimum Gasteiger partial charge on any atom is -0.371 e. The third-order valence-electron chi connectivity index (χ3n) is 6.79. The molecule has 0 bridgehead atoms. The summed E-state index contributed by atoms with van der Waals surface area (Å²) in [4.78, 5) is 13.7. The van der Waals surface area contributed by atoms with E-state index >= 15 is 0 Å². The molecule has 2 aliphatic rings. The predicted molar refractivity (Wildman–Crippen MR) is 135 cm³/mol. The standard InChI is InChI=1S/C29H35FN2O5/c1-19(2)16-32-27(33)29(35-18-22-11-7-8-12-23(22)30)13-24(26-25(14-29)36-28(3,4)37-26)34-17-21-10-6-5-9-20(21)15-31/h5-12,19,24-26H,13-14,16-18H2,1-4H3,(H,32,33)/t24?,25-,26+,29-/m1/s1. The van der Waals surface area contributed by atoms with Crippen LogP contribution in [0.5, 0.6) is 0 Å². The van der Waals surface area contributed by atoms with E-state index in [0.717, 1.165) is 5.56 Å². The van der Waals surface area contributed by atoms with Gasteiger partial charge in [0.15, 0.2) is 11.4 Å². The molecule has 0 aromatic heterocycles. The van der Waals surface area contributed by atoms with Gasteiger partial charge in [0.2, 0.25) is 0 Å². The Morgan fingerprint density at radius 2 is 1.81 bits per heavy atom. The third-order valence-corrected chi connectivity index (χ3v) is 6.79. The molecule has 8 heteroatoms. The minimum absolute atomic E-state index is 0.0760. The van der Waals surface area contributed by atoms with Crippen LogP contribution in [0.15, 0.2) is 48.5 Å². The number of carbonyl (C=O) groups excluding carboxylic acids is 1. The van der Waals surface area contributed by atoms with Crippen LogP contribution in [0.2, 0.25) is 0 Å². The van der Waals surface area contributed by atoms with Crippen molar-refractivity contribution >= 4 is 5.91 Å². The van der Waals surface area contributed by atoms with E-state index in [1.165, 1.54) is 6.07 Å². The number of carbonyl (C=O) groups is 1. The van der Waals surface area contributed by atoms with Gasteiger partial charge in [0.25, 0.3) is 5.91 Å². The Morgan fingerprint density at radius 1 is 1.11 bits per heavy atom. The van der Waals surface area contributed by atoms with E-state index in [4.69, 9.17) is 18.9 Å². The van der Waals surface area contributed by atoms with Gasteiger partial charge in [0.1, 0.15) is 11.9 Å². The second-order valence-corrected chi connectivity index (χ2v) is 10.6. The van der Waals surface area contributed by atoms with E-state index in [1.807, 2.05) is 39.8 Å². The Bertz CT molecular complexity index is 1150. The van der Waals surface area contributed by atoms with Gasteiger partial charge in [-0.15, -0.1) is 0 Å². The van der Waals surface area contributed by atoms with Crippen molar-refractivity contribution in [3.05, 3.63) is 71.0 Å². The highest BCUT2D eigenvalue weighted by atomic mass is 19.1. The molecule has 0 radical (unpaired) electrons. The minimum atomic E-state index is -1.32. The molecule has 1 heterocycles. The third kappa shape index (κ3) is 6.36. The van der Waals surface area contributed by atoms with Gasteiger partial charge in [-0.3, -0.25) is 4.79 Å². The van der Waals surface area contributed by atoms with E-state index in [2.05, 4.69) is 11.4 Å². The SMILES string of the molecule is CC(C)CNC(=O)[C@@]1(OCc2ccccc2F)CC(OCc2ccccc2C#N)[C@@H]2OC(C)(C)O[C@@H]2C1. The summed E-state index contributed by atoms with van der Waals surface area (Å²) < 4.78 is 39.5. The zero-order valence-electron chi connectivity index (χ0n) is 21.8. The first-order valence-electron chi connectivity index (χ1n) is 12.7. The Balaban J connectivity index is 1.63. The first kappa shape index (κ1) is 27.2. The highest BCUT2D eigenvalue weighted by Gasteiger charge is 2.58. The van der Waals surface area contributed by atoms with E-state index in [1.54, 1.807) is 30.3 Å². The highest BCUT2D eigenvalue weighted by molar-refractivity contribution is 5.85. The number of ether oxygens (including phenoxy) is 4.